The number of halogens is 2. The lowest BCUT2D eigenvalue weighted by molar-refractivity contribution is 0.102. The molecule has 0 radical (unpaired) electrons. The molecule has 1 amide bonds. The second kappa shape index (κ2) is 4.79. The third kappa shape index (κ3) is 2.79. The molecule has 0 aliphatic rings. The Hall–Kier alpha value is -2.50. The van der Waals surface area contributed by atoms with E-state index in [-0.39, 0.29) is 17.1 Å². The zero-order valence-electron chi connectivity index (χ0n) is 9.15. The minimum absolute atomic E-state index is 0.0364. The number of nitrogen functional groups attached to an aromatic ring is 1. The molecule has 0 spiro atoms. The van der Waals surface area contributed by atoms with Crippen molar-refractivity contribution < 1.29 is 13.6 Å². The number of benzene rings is 1. The number of nitrogens with zero attached hydrogens (tertiary/aromatic N) is 1. The highest BCUT2D eigenvalue weighted by molar-refractivity contribution is 6.04. The second-order valence-electron chi connectivity index (χ2n) is 3.58. The van der Waals surface area contributed by atoms with Crippen LogP contribution >= 0.6 is 0 Å². The number of anilines is 2. The quantitative estimate of drug-likeness (QED) is 0.857. The van der Waals surface area contributed by atoms with Gasteiger partial charge in [0.1, 0.15) is 17.5 Å². The van der Waals surface area contributed by atoms with E-state index in [0.717, 1.165) is 18.2 Å². The summed E-state index contributed by atoms with van der Waals surface area (Å²) in [5, 5.41) is 2.36. The first kappa shape index (κ1) is 12.0. The Morgan fingerprint density at radius 2 is 1.83 bits per heavy atom. The summed E-state index contributed by atoms with van der Waals surface area (Å²) in [6, 6.07) is 5.69. The van der Waals surface area contributed by atoms with E-state index in [1.165, 1.54) is 18.3 Å². The van der Waals surface area contributed by atoms with Crippen molar-refractivity contribution in [3.63, 3.8) is 0 Å². The van der Waals surface area contributed by atoms with E-state index in [4.69, 9.17) is 5.73 Å². The maximum atomic E-state index is 12.9. The van der Waals surface area contributed by atoms with Gasteiger partial charge >= 0.3 is 0 Å². The lowest BCUT2D eigenvalue weighted by Gasteiger charge is -2.05. The number of carbonyl (C=O) groups is 1. The molecule has 92 valence electrons. The molecule has 4 nitrogen and oxygen atoms in total. The van der Waals surface area contributed by atoms with E-state index in [1.54, 1.807) is 0 Å². The van der Waals surface area contributed by atoms with Crippen molar-refractivity contribution in [1.82, 2.24) is 4.98 Å². The Labute approximate surface area is 101 Å². The van der Waals surface area contributed by atoms with Gasteiger partial charge in [-0.15, -0.1) is 0 Å². The number of nitrogens with two attached hydrogens (primary N) is 1. The van der Waals surface area contributed by atoms with Gasteiger partial charge in [-0.25, -0.2) is 13.8 Å². The smallest absolute Gasteiger partial charge is 0.257 e. The normalized spacial score (nSPS) is 10.1. The van der Waals surface area contributed by atoms with Crippen molar-refractivity contribution in [3.05, 3.63) is 53.7 Å². The number of hydrogen-bond donors (Lipinski definition) is 2. The van der Waals surface area contributed by atoms with Gasteiger partial charge in [-0.3, -0.25) is 4.79 Å². The first-order valence-corrected chi connectivity index (χ1v) is 5.03. The van der Waals surface area contributed by atoms with Crippen molar-refractivity contribution in [2.24, 2.45) is 0 Å². The number of pyridine rings is 1. The van der Waals surface area contributed by atoms with Gasteiger partial charge in [-0.05, 0) is 24.3 Å². The highest BCUT2D eigenvalue weighted by Gasteiger charge is 2.08. The van der Waals surface area contributed by atoms with Gasteiger partial charge in [0, 0.05) is 18.0 Å². The maximum absolute atomic E-state index is 12.9. The summed E-state index contributed by atoms with van der Waals surface area (Å²) in [6.45, 7) is 0. The van der Waals surface area contributed by atoms with Crippen LogP contribution in [0.2, 0.25) is 0 Å². The van der Waals surface area contributed by atoms with E-state index in [2.05, 4.69) is 10.3 Å². The molecule has 6 heteroatoms. The average molecular weight is 249 g/mol. The van der Waals surface area contributed by atoms with Gasteiger partial charge in [0.2, 0.25) is 0 Å². The van der Waals surface area contributed by atoms with Crippen LogP contribution in [0.1, 0.15) is 10.4 Å². The first-order chi connectivity index (χ1) is 8.54. The molecule has 0 unspecified atom stereocenters. The largest absolute Gasteiger partial charge is 0.384 e. The van der Waals surface area contributed by atoms with Gasteiger partial charge in [-0.1, -0.05) is 0 Å². The number of aromatic nitrogens is 1. The van der Waals surface area contributed by atoms with Gasteiger partial charge < -0.3 is 11.1 Å². The van der Waals surface area contributed by atoms with Crippen LogP contribution in [0, 0.1) is 11.6 Å². The number of hydrogen-bond acceptors (Lipinski definition) is 3. The molecule has 1 heterocycles. The van der Waals surface area contributed by atoms with Crippen molar-refractivity contribution in [2.45, 2.75) is 0 Å². The molecule has 18 heavy (non-hydrogen) atoms. The van der Waals surface area contributed by atoms with Gasteiger partial charge in [0.05, 0.1) is 5.56 Å². The molecule has 0 atom stereocenters. The lowest BCUT2D eigenvalue weighted by atomic mass is 10.2. The van der Waals surface area contributed by atoms with Gasteiger partial charge in [-0.2, -0.15) is 0 Å². The first-order valence-electron chi connectivity index (χ1n) is 5.03. The fraction of sp³-hybridized carbons (Fsp3) is 0. The minimum Gasteiger partial charge on any atom is -0.384 e. The summed E-state index contributed by atoms with van der Waals surface area (Å²) >= 11 is 0. The second-order valence-corrected chi connectivity index (χ2v) is 3.58. The zero-order chi connectivity index (χ0) is 13.1. The van der Waals surface area contributed by atoms with Crippen LogP contribution in [0.4, 0.5) is 20.3 Å². The molecule has 0 bridgehead atoms. The zero-order valence-corrected chi connectivity index (χ0v) is 9.15. The predicted octanol–water partition coefficient (Wildman–Crippen LogP) is 2.19. The van der Waals surface area contributed by atoms with E-state index in [0.29, 0.717) is 0 Å². The molecule has 0 aliphatic heterocycles. The number of nitrogens with one attached hydrogen (secondary N) is 1. The van der Waals surface area contributed by atoms with E-state index in [1.807, 2.05) is 0 Å². The van der Waals surface area contributed by atoms with E-state index in [9.17, 15) is 13.6 Å². The van der Waals surface area contributed by atoms with Crippen LogP contribution in [0.15, 0.2) is 36.5 Å². The molecule has 0 saturated heterocycles. The van der Waals surface area contributed by atoms with E-state index < -0.39 is 17.5 Å². The standard InChI is InChI=1S/C12H9F2N3O/c13-8-3-9(14)5-10(4-8)17-12(18)7-1-2-11(15)16-6-7/h1-6H,(H2,15,16)(H,17,18). The Morgan fingerprint density at radius 3 is 2.39 bits per heavy atom. The highest BCUT2D eigenvalue weighted by atomic mass is 19.1. The number of rotatable bonds is 2. The number of carbonyl (C=O) groups excluding carboxylic acids is 1. The molecule has 2 aromatic rings. The average Bonchev–Trinajstić information content (AvgIpc) is 2.28. The maximum Gasteiger partial charge on any atom is 0.257 e. The highest BCUT2D eigenvalue weighted by Crippen LogP contribution is 2.14. The van der Waals surface area contributed by atoms with Crippen LogP contribution in [-0.4, -0.2) is 10.9 Å². The fourth-order valence-electron chi connectivity index (χ4n) is 1.37. The fourth-order valence-corrected chi connectivity index (χ4v) is 1.37. The summed E-state index contributed by atoms with van der Waals surface area (Å²) in [5.41, 5.74) is 5.66. The number of amides is 1. The molecule has 0 saturated carbocycles. The monoisotopic (exact) mass is 249 g/mol. The Kier molecular flexibility index (Phi) is 3.18. The van der Waals surface area contributed by atoms with Crippen LogP contribution < -0.4 is 11.1 Å². The molecule has 2 rings (SSSR count). The molecular weight excluding hydrogens is 240 g/mol. The summed E-state index contributed by atoms with van der Waals surface area (Å²) in [7, 11) is 0. The summed E-state index contributed by atoms with van der Waals surface area (Å²) in [6.07, 6.45) is 1.28. The topological polar surface area (TPSA) is 68.0 Å². The summed E-state index contributed by atoms with van der Waals surface area (Å²) < 4.78 is 25.8. The molecule has 1 aromatic heterocycles. The van der Waals surface area contributed by atoms with Crippen LogP contribution in [0.25, 0.3) is 0 Å². The van der Waals surface area contributed by atoms with Gasteiger partial charge in [0.25, 0.3) is 5.91 Å². The SMILES string of the molecule is Nc1ccc(C(=O)Nc2cc(F)cc(F)c2)cn1. The summed E-state index contributed by atoms with van der Waals surface area (Å²) in [5.74, 6) is -1.77. The third-order valence-electron chi connectivity index (χ3n) is 2.17. The molecule has 0 fully saturated rings. The lowest BCUT2D eigenvalue weighted by Crippen LogP contribution is -2.12. The molecule has 0 aliphatic carbocycles. The van der Waals surface area contributed by atoms with Crippen LogP contribution in [-0.2, 0) is 0 Å². The molecule has 3 N–H and O–H groups in total. The van der Waals surface area contributed by atoms with Crippen molar-refractivity contribution in [3.8, 4) is 0 Å². The Morgan fingerprint density at radius 1 is 1.17 bits per heavy atom. The van der Waals surface area contributed by atoms with Crippen LogP contribution in [0.3, 0.4) is 0 Å². The van der Waals surface area contributed by atoms with Crippen LogP contribution in [0.5, 0.6) is 0 Å². The van der Waals surface area contributed by atoms with Crippen molar-refractivity contribution >= 4 is 17.4 Å². The van der Waals surface area contributed by atoms with Crippen molar-refractivity contribution in [2.75, 3.05) is 11.1 Å². The Balaban J connectivity index is 2.18. The summed E-state index contributed by atoms with van der Waals surface area (Å²) in [4.78, 5) is 15.5. The van der Waals surface area contributed by atoms with Gasteiger partial charge in [0.15, 0.2) is 0 Å². The predicted molar refractivity (Wildman–Crippen MR) is 63.0 cm³/mol. The third-order valence-corrected chi connectivity index (χ3v) is 2.17. The van der Waals surface area contributed by atoms with Crippen molar-refractivity contribution in [1.29, 1.82) is 0 Å². The Bertz CT molecular complexity index is 564. The minimum atomic E-state index is -0.763. The molecular formula is C12H9F2N3O. The van der Waals surface area contributed by atoms with E-state index >= 15 is 0 Å². The molecule has 1 aromatic carbocycles.